The van der Waals surface area contributed by atoms with E-state index in [4.69, 9.17) is 9.47 Å². The number of carbonyl (C=O) groups is 3. The van der Waals surface area contributed by atoms with Gasteiger partial charge in [0.25, 0.3) is 0 Å². The fraction of sp³-hybridized carbons (Fsp3) is 0.667. The summed E-state index contributed by atoms with van der Waals surface area (Å²) in [5.41, 5.74) is 0.200. The second-order valence-electron chi connectivity index (χ2n) is 10.7. The Bertz CT molecular complexity index is 991. The van der Waals surface area contributed by atoms with Crippen LogP contribution in [0.25, 0.3) is 0 Å². The van der Waals surface area contributed by atoms with Gasteiger partial charge in [0.05, 0.1) is 30.4 Å². The molecular weight excluding hydrogens is 464 g/mol. The van der Waals surface area contributed by atoms with E-state index in [1.54, 1.807) is 11.0 Å². The van der Waals surface area contributed by atoms with E-state index in [1.165, 1.54) is 23.3 Å². The van der Waals surface area contributed by atoms with Crippen LogP contribution in [0.2, 0.25) is 0 Å². The SMILES string of the molecule is COC(=O)c1sc(C#CC(C)(C)C)cc1N(CC(=O)N1CCOC(C)C1)C(=O)[C@H]1CC[C@H](C)CC1. The van der Waals surface area contributed by atoms with Crippen LogP contribution in [-0.2, 0) is 19.1 Å². The zero-order valence-corrected chi connectivity index (χ0v) is 22.6. The second kappa shape index (κ2) is 11.6. The van der Waals surface area contributed by atoms with Gasteiger partial charge in [0.15, 0.2) is 0 Å². The number of rotatable bonds is 5. The van der Waals surface area contributed by atoms with Gasteiger partial charge in [-0.1, -0.05) is 18.8 Å². The lowest BCUT2D eigenvalue weighted by Crippen LogP contribution is -2.50. The number of anilines is 1. The summed E-state index contributed by atoms with van der Waals surface area (Å²) in [7, 11) is 1.32. The molecule has 2 heterocycles. The summed E-state index contributed by atoms with van der Waals surface area (Å²) in [4.78, 5) is 44.1. The molecule has 35 heavy (non-hydrogen) atoms. The molecule has 0 bridgehead atoms. The molecule has 1 saturated carbocycles. The number of carbonyl (C=O) groups excluding carboxylic acids is 3. The minimum Gasteiger partial charge on any atom is -0.465 e. The molecule has 0 N–H and O–H groups in total. The van der Waals surface area contributed by atoms with Crippen molar-refractivity contribution >= 4 is 34.8 Å². The minimum absolute atomic E-state index is 0.0530. The first-order valence-corrected chi connectivity index (χ1v) is 13.3. The monoisotopic (exact) mass is 502 g/mol. The van der Waals surface area contributed by atoms with Crippen molar-refractivity contribution in [3.05, 3.63) is 15.8 Å². The lowest BCUT2D eigenvalue weighted by Gasteiger charge is -2.34. The van der Waals surface area contributed by atoms with E-state index >= 15 is 0 Å². The largest absolute Gasteiger partial charge is 0.465 e. The summed E-state index contributed by atoms with van der Waals surface area (Å²) in [5.74, 6) is 5.96. The predicted octanol–water partition coefficient (Wildman–Crippen LogP) is 4.34. The van der Waals surface area contributed by atoms with Crippen LogP contribution in [0.5, 0.6) is 0 Å². The third kappa shape index (κ3) is 7.31. The molecule has 1 aliphatic heterocycles. The number of morpholine rings is 1. The van der Waals surface area contributed by atoms with Gasteiger partial charge in [-0.3, -0.25) is 9.59 Å². The number of hydrogen-bond donors (Lipinski definition) is 0. The summed E-state index contributed by atoms with van der Waals surface area (Å²) < 4.78 is 10.6. The molecule has 0 aromatic carbocycles. The van der Waals surface area contributed by atoms with Gasteiger partial charge in [-0.15, -0.1) is 11.3 Å². The lowest BCUT2D eigenvalue weighted by atomic mass is 9.82. The average molecular weight is 503 g/mol. The Kier molecular flexibility index (Phi) is 9.00. The Balaban J connectivity index is 1.98. The molecule has 2 fully saturated rings. The summed E-state index contributed by atoms with van der Waals surface area (Å²) in [6.07, 6.45) is 3.48. The van der Waals surface area contributed by atoms with E-state index in [0.717, 1.165) is 25.7 Å². The van der Waals surface area contributed by atoms with Crippen molar-refractivity contribution in [1.82, 2.24) is 4.90 Å². The maximum atomic E-state index is 13.8. The Morgan fingerprint density at radius 3 is 2.49 bits per heavy atom. The van der Waals surface area contributed by atoms with Crippen molar-refractivity contribution in [2.45, 2.75) is 66.4 Å². The quantitative estimate of drug-likeness (QED) is 0.442. The first-order chi connectivity index (χ1) is 16.5. The van der Waals surface area contributed by atoms with Crippen LogP contribution in [0.4, 0.5) is 5.69 Å². The number of nitrogens with zero attached hydrogens (tertiary/aromatic N) is 2. The molecule has 192 valence electrons. The van der Waals surface area contributed by atoms with Gasteiger partial charge in [-0.05, 0) is 65.4 Å². The van der Waals surface area contributed by atoms with Crippen LogP contribution < -0.4 is 4.90 Å². The summed E-state index contributed by atoms with van der Waals surface area (Å²) in [6, 6.07) is 1.76. The normalized spacial score (nSPS) is 22.7. The standard InChI is InChI=1S/C27H38N2O5S/c1-18-7-9-20(10-8-18)25(31)29(17-23(30)28-13-14-34-19(2)16-28)22-15-21(11-12-27(3,4)5)35-24(22)26(32)33-6/h15,18-20H,7-10,13-14,16-17H2,1-6H3/t18-,19?,20-. The van der Waals surface area contributed by atoms with Crippen LogP contribution in [0.1, 0.15) is 74.9 Å². The zero-order chi connectivity index (χ0) is 25.8. The van der Waals surface area contributed by atoms with Crippen molar-refractivity contribution in [1.29, 1.82) is 0 Å². The highest BCUT2D eigenvalue weighted by Crippen LogP contribution is 2.35. The van der Waals surface area contributed by atoms with E-state index in [2.05, 4.69) is 18.8 Å². The van der Waals surface area contributed by atoms with Crippen molar-refractivity contribution in [2.24, 2.45) is 17.3 Å². The Labute approximate surface area is 213 Å². The molecule has 1 unspecified atom stereocenters. The highest BCUT2D eigenvalue weighted by Gasteiger charge is 2.34. The van der Waals surface area contributed by atoms with Crippen molar-refractivity contribution in [2.75, 3.05) is 38.3 Å². The van der Waals surface area contributed by atoms with E-state index < -0.39 is 5.97 Å². The van der Waals surface area contributed by atoms with Crippen LogP contribution in [0.15, 0.2) is 6.07 Å². The molecule has 8 heteroatoms. The highest BCUT2D eigenvalue weighted by atomic mass is 32.1. The number of thiophene rings is 1. The average Bonchev–Trinajstić information content (AvgIpc) is 3.24. The number of hydrogen-bond acceptors (Lipinski definition) is 6. The first-order valence-electron chi connectivity index (χ1n) is 12.4. The van der Waals surface area contributed by atoms with Crippen LogP contribution in [0, 0.1) is 29.1 Å². The van der Waals surface area contributed by atoms with Crippen molar-refractivity contribution < 1.29 is 23.9 Å². The van der Waals surface area contributed by atoms with E-state index in [0.29, 0.717) is 41.1 Å². The van der Waals surface area contributed by atoms with E-state index in [-0.39, 0.29) is 35.8 Å². The molecule has 7 nitrogen and oxygen atoms in total. The van der Waals surface area contributed by atoms with Crippen LogP contribution in [-0.4, -0.2) is 62.1 Å². The van der Waals surface area contributed by atoms with Gasteiger partial charge in [0, 0.05) is 24.4 Å². The molecule has 2 amide bonds. The first kappa shape index (κ1) is 27.2. The molecule has 1 aromatic rings. The lowest BCUT2D eigenvalue weighted by molar-refractivity contribution is -0.138. The third-order valence-electron chi connectivity index (χ3n) is 6.45. The molecular formula is C27H38N2O5S. The maximum Gasteiger partial charge on any atom is 0.350 e. The maximum absolute atomic E-state index is 13.8. The predicted molar refractivity (Wildman–Crippen MR) is 137 cm³/mol. The number of ether oxygens (including phenoxy) is 2. The molecule has 1 saturated heterocycles. The van der Waals surface area contributed by atoms with Gasteiger partial charge in [0.1, 0.15) is 11.4 Å². The second-order valence-corrected chi connectivity index (χ2v) is 11.8. The molecule has 1 atom stereocenters. The highest BCUT2D eigenvalue weighted by molar-refractivity contribution is 7.15. The number of amides is 2. The Morgan fingerprint density at radius 1 is 1.20 bits per heavy atom. The summed E-state index contributed by atoms with van der Waals surface area (Å²) >= 11 is 1.20. The van der Waals surface area contributed by atoms with Gasteiger partial charge in [-0.2, -0.15) is 0 Å². The van der Waals surface area contributed by atoms with E-state index in [9.17, 15) is 14.4 Å². The van der Waals surface area contributed by atoms with Gasteiger partial charge in [0.2, 0.25) is 11.8 Å². The summed E-state index contributed by atoms with van der Waals surface area (Å²) in [6.45, 7) is 11.5. The topological polar surface area (TPSA) is 76.2 Å². The summed E-state index contributed by atoms with van der Waals surface area (Å²) in [5, 5.41) is 0. The van der Waals surface area contributed by atoms with Gasteiger partial charge in [-0.25, -0.2) is 4.79 Å². The van der Waals surface area contributed by atoms with Crippen molar-refractivity contribution in [3.63, 3.8) is 0 Å². The van der Waals surface area contributed by atoms with E-state index in [1.807, 2.05) is 27.7 Å². The molecule has 1 aromatic heterocycles. The Hall–Kier alpha value is -2.37. The molecule has 2 aliphatic rings. The Morgan fingerprint density at radius 2 is 1.89 bits per heavy atom. The number of methoxy groups -OCH3 is 1. The van der Waals surface area contributed by atoms with Crippen molar-refractivity contribution in [3.8, 4) is 11.8 Å². The minimum atomic E-state index is -0.531. The van der Waals surface area contributed by atoms with Crippen LogP contribution in [0.3, 0.4) is 0 Å². The van der Waals surface area contributed by atoms with Gasteiger partial charge < -0.3 is 19.3 Å². The molecule has 0 spiro atoms. The van der Waals surface area contributed by atoms with Crippen LogP contribution >= 0.6 is 11.3 Å². The fourth-order valence-corrected chi connectivity index (χ4v) is 5.35. The third-order valence-corrected chi connectivity index (χ3v) is 7.47. The number of esters is 1. The van der Waals surface area contributed by atoms with Gasteiger partial charge >= 0.3 is 5.97 Å². The zero-order valence-electron chi connectivity index (χ0n) is 21.8. The smallest absolute Gasteiger partial charge is 0.350 e. The molecule has 3 rings (SSSR count). The molecule has 1 aliphatic carbocycles. The molecule has 0 radical (unpaired) electrons. The fourth-order valence-electron chi connectivity index (χ4n) is 4.42.